The van der Waals surface area contributed by atoms with E-state index in [1.54, 1.807) is 24.3 Å². The molecule has 4 rings (SSSR count). The van der Waals surface area contributed by atoms with Crippen LogP contribution in [-0.2, 0) is 11.2 Å². The van der Waals surface area contributed by atoms with Crippen LogP contribution in [0.25, 0.3) is 11.1 Å². The number of aromatic nitrogens is 2. The van der Waals surface area contributed by atoms with E-state index in [4.69, 9.17) is 11.6 Å². The zero-order valence-corrected chi connectivity index (χ0v) is 20.9. The molecule has 0 spiro atoms. The van der Waals surface area contributed by atoms with Crippen molar-refractivity contribution in [1.82, 2.24) is 15.5 Å². The number of benzene rings is 3. The highest BCUT2D eigenvalue weighted by atomic mass is 35.5. The molecule has 194 valence electrons. The van der Waals surface area contributed by atoms with E-state index < -0.39 is 29.9 Å². The molecule has 0 saturated carbocycles. The highest BCUT2D eigenvalue weighted by molar-refractivity contribution is 6.34. The molecule has 38 heavy (non-hydrogen) atoms. The number of carboxylic acid groups (broad SMARTS) is 1. The first-order valence-electron chi connectivity index (χ1n) is 11.8. The number of nitrogens with zero attached hydrogens (tertiary/aromatic N) is 1. The van der Waals surface area contributed by atoms with Crippen molar-refractivity contribution < 1.29 is 24.6 Å². The summed E-state index contributed by atoms with van der Waals surface area (Å²) in [7, 11) is 0. The average Bonchev–Trinajstić information content (AvgIpc) is 3.38. The fraction of sp³-hybridized carbons (Fsp3) is 0.143. The minimum atomic E-state index is -1.66. The third-order valence-electron chi connectivity index (χ3n) is 5.85. The third kappa shape index (κ3) is 6.84. The number of aliphatic hydroxyl groups excluding tert-OH is 1. The van der Waals surface area contributed by atoms with Crippen LogP contribution in [0.15, 0.2) is 84.9 Å². The number of aliphatic hydroxyl groups is 1. The Balaban J connectivity index is 1.44. The maximum absolute atomic E-state index is 12.9. The number of nitrogens with one attached hydrogen (secondary N) is 3. The molecule has 0 aliphatic rings. The van der Waals surface area contributed by atoms with Gasteiger partial charge in [0.2, 0.25) is 0 Å². The Hall–Kier alpha value is -4.47. The van der Waals surface area contributed by atoms with Crippen molar-refractivity contribution >= 4 is 35.2 Å². The lowest BCUT2D eigenvalue weighted by molar-refractivity contribution is -0.147. The van der Waals surface area contributed by atoms with Crippen molar-refractivity contribution in [1.29, 1.82) is 0 Å². The maximum atomic E-state index is 12.9. The molecular weight excluding hydrogens is 508 g/mol. The molecule has 0 unspecified atom stereocenters. The molecule has 0 bridgehead atoms. The topological polar surface area (TPSA) is 144 Å². The van der Waals surface area contributed by atoms with E-state index in [2.05, 4.69) is 20.8 Å². The van der Waals surface area contributed by atoms with Crippen LogP contribution in [0.2, 0.25) is 5.02 Å². The molecule has 0 fully saturated rings. The number of carbonyl (C=O) groups excluding carboxylic acids is 2. The quantitative estimate of drug-likeness (QED) is 0.207. The highest BCUT2D eigenvalue weighted by Gasteiger charge is 2.23. The van der Waals surface area contributed by atoms with Gasteiger partial charge in [0.05, 0.1) is 10.6 Å². The second-order valence-corrected chi connectivity index (χ2v) is 9.04. The van der Waals surface area contributed by atoms with Crippen LogP contribution in [0.5, 0.6) is 0 Å². The van der Waals surface area contributed by atoms with Gasteiger partial charge in [-0.05, 0) is 35.2 Å². The molecule has 1 heterocycles. The van der Waals surface area contributed by atoms with E-state index in [0.29, 0.717) is 0 Å². The van der Waals surface area contributed by atoms with E-state index in [1.807, 2.05) is 54.6 Å². The van der Waals surface area contributed by atoms with Gasteiger partial charge in [-0.15, -0.1) is 0 Å². The fourth-order valence-corrected chi connectivity index (χ4v) is 4.13. The van der Waals surface area contributed by atoms with Crippen molar-refractivity contribution in [3.63, 3.8) is 0 Å². The molecule has 4 aromatic rings. The van der Waals surface area contributed by atoms with Gasteiger partial charge in [0.1, 0.15) is 5.69 Å². The first kappa shape index (κ1) is 26.6. The monoisotopic (exact) mass is 532 g/mol. The largest absolute Gasteiger partial charge is 0.479 e. The van der Waals surface area contributed by atoms with Gasteiger partial charge in [0.25, 0.3) is 11.8 Å². The fourth-order valence-electron chi connectivity index (χ4n) is 3.91. The molecule has 2 amide bonds. The normalized spacial score (nSPS) is 12.4. The van der Waals surface area contributed by atoms with Crippen LogP contribution in [0.1, 0.15) is 32.8 Å². The number of anilines is 1. The van der Waals surface area contributed by atoms with E-state index in [1.165, 1.54) is 6.07 Å². The summed E-state index contributed by atoms with van der Waals surface area (Å²) in [4.78, 5) is 36.6. The second-order valence-electron chi connectivity index (χ2n) is 8.63. The average molecular weight is 533 g/mol. The number of hydrogen-bond acceptors (Lipinski definition) is 5. The third-order valence-corrected chi connectivity index (χ3v) is 6.18. The first-order chi connectivity index (χ1) is 18.3. The standard InChI is InChI=1S/C28H25ClN4O5/c29-22-9-5-4-8-21(22)26(35)31-25-16-23(32-33-25)27(36)30-20(15-24(34)28(37)38)14-17-10-12-19(13-11-17)18-6-2-1-3-7-18/h1-13,16,20,24,34H,14-15H2,(H,30,36)(H,37,38)(H2,31,32,33,35)/t20-,24-/m1/s1. The summed E-state index contributed by atoms with van der Waals surface area (Å²) < 4.78 is 0. The molecule has 0 saturated heterocycles. The molecular formula is C28H25ClN4O5. The molecule has 10 heteroatoms. The number of halogens is 1. The Morgan fingerprint density at radius 1 is 0.895 bits per heavy atom. The van der Waals surface area contributed by atoms with Crippen molar-refractivity contribution in [2.24, 2.45) is 0 Å². The molecule has 2 atom stereocenters. The molecule has 0 aliphatic heterocycles. The summed E-state index contributed by atoms with van der Waals surface area (Å²) >= 11 is 6.05. The van der Waals surface area contributed by atoms with Crippen LogP contribution >= 0.6 is 11.6 Å². The Bertz CT molecular complexity index is 1420. The lowest BCUT2D eigenvalue weighted by atomic mass is 9.97. The molecule has 0 radical (unpaired) electrons. The van der Waals surface area contributed by atoms with Gasteiger partial charge in [0.15, 0.2) is 11.9 Å². The van der Waals surface area contributed by atoms with Crippen molar-refractivity contribution in [2.75, 3.05) is 5.32 Å². The maximum Gasteiger partial charge on any atom is 0.332 e. The summed E-state index contributed by atoms with van der Waals surface area (Å²) in [6, 6.07) is 24.7. The zero-order chi connectivity index (χ0) is 27.1. The zero-order valence-electron chi connectivity index (χ0n) is 20.1. The van der Waals surface area contributed by atoms with E-state index in [-0.39, 0.29) is 34.9 Å². The van der Waals surface area contributed by atoms with Gasteiger partial charge < -0.3 is 20.8 Å². The number of aromatic amines is 1. The lowest BCUT2D eigenvalue weighted by Crippen LogP contribution is -2.40. The summed E-state index contributed by atoms with van der Waals surface area (Å²) in [5, 5.41) is 31.2. The van der Waals surface area contributed by atoms with Gasteiger partial charge in [-0.2, -0.15) is 5.10 Å². The molecule has 3 aromatic carbocycles. The molecule has 9 nitrogen and oxygen atoms in total. The van der Waals surface area contributed by atoms with Gasteiger partial charge in [-0.25, -0.2) is 4.79 Å². The van der Waals surface area contributed by atoms with Gasteiger partial charge in [-0.1, -0.05) is 78.3 Å². The number of amides is 2. The van der Waals surface area contributed by atoms with Crippen molar-refractivity contribution in [3.05, 3.63) is 107 Å². The summed E-state index contributed by atoms with van der Waals surface area (Å²) in [6.07, 6.45) is -1.57. The van der Waals surface area contributed by atoms with Crippen LogP contribution in [0, 0.1) is 0 Å². The first-order valence-corrected chi connectivity index (χ1v) is 12.2. The number of H-pyrrole nitrogens is 1. The van der Waals surface area contributed by atoms with E-state index >= 15 is 0 Å². The van der Waals surface area contributed by atoms with Gasteiger partial charge in [0, 0.05) is 18.5 Å². The van der Waals surface area contributed by atoms with Crippen LogP contribution in [-0.4, -0.2) is 50.3 Å². The predicted molar refractivity (Wildman–Crippen MR) is 143 cm³/mol. The number of carbonyl (C=O) groups is 3. The highest BCUT2D eigenvalue weighted by Crippen LogP contribution is 2.21. The van der Waals surface area contributed by atoms with E-state index in [0.717, 1.165) is 16.7 Å². The second kappa shape index (κ2) is 12.2. The van der Waals surface area contributed by atoms with Gasteiger partial charge >= 0.3 is 5.97 Å². The Kier molecular flexibility index (Phi) is 8.52. The SMILES string of the molecule is O=C(N[C@H](Cc1ccc(-c2ccccc2)cc1)C[C@@H](O)C(=O)O)c1cc(NC(=O)c2ccccc2Cl)n[nH]1. The van der Waals surface area contributed by atoms with Crippen LogP contribution in [0.3, 0.4) is 0 Å². The molecule has 0 aliphatic carbocycles. The van der Waals surface area contributed by atoms with Crippen LogP contribution in [0.4, 0.5) is 5.82 Å². The Morgan fingerprint density at radius 2 is 1.55 bits per heavy atom. The Morgan fingerprint density at radius 3 is 2.24 bits per heavy atom. The number of carboxylic acids is 1. The molecule has 5 N–H and O–H groups in total. The number of hydrogen-bond donors (Lipinski definition) is 5. The number of rotatable bonds is 10. The number of aliphatic carboxylic acids is 1. The summed E-state index contributed by atoms with van der Waals surface area (Å²) in [5.41, 5.74) is 3.23. The lowest BCUT2D eigenvalue weighted by Gasteiger charge is -2.20. The summed E-state index contributed by atoms with van der Waals surface area (Å²) in [5.74, 6) is -2.33. The minimum absolute atomic E-state index is 0.0497. The van der Waals surface area contributed by atoms with Crippen LogP contribution < -0.4 is 10.6 Å². The smallest absolute Gasteiger partial charge is 0.332 e. The van der Waals surface area contributed by atoms with E-state index in [9.17, 15) is 24.6 Å². The summed E-state index contributed by atoms with van der Waals surface area (Å²) in [6.45, 7) is 0. The van der Waals surface area contributed by atoms with Crippen molar-refractivity contribution in [3.8, 4) is 11.1 Å². The predicted octanol–water partition coefficient (Wildman–Crippen LogP) is 4.16. The van der Waals surface area contributed by atoms with Crippen molar-refractivity contribution in [2.45, 2.75) is 25.0 Å². The minimum Gasteiger partial charge on any atom is -0.479 e. The Labute approximate surface area is 223 Å². The molecule has 1 aromatic heterocycles. The van der Waals surface area contributed by atoms with Gasteiger partial charge in [-0.3, -0.25) is 14.7 Å².